The molecule has 0 amide bonds. The zero-order valence-electron chi connectivity index (χ0n) is 10.5. The fourth-order valence-corrected chi connectivity index (χ4v) is 2.12. The zero-order chi connectivity index (χ0) is 12.0. The molecule has 0 unspecified atom stereocenters. The smallest absolute Gasteiger partial charge is 0.169 e. The van der Waals surface area contributed by atoms with Gasteiger partial charge >= 0.3 is 0 Å². The average Bonchev–Trinajstić information content (AvgIpc) is 2.26. The van der Waals surface area contributed by atoms with Gasteiger partial charge in [0.1, 0.15) is 0 Å². The Balaban J connectivity index is 2.34. The van der Waals surface area contributed by atoms with Gasteiger partial charge in [-0.15, -0.1) is 0 Å². The van der Waals surface area contributed by atoms with Crippen LogP contribution in [0.3, 0.4) is 0 Å². The number of methoxy groups -OCH3 is 2. The molecular weight excluding hydrogens is 208 g/mol. The normalized spacial score (nSPS) is 20.6. The summed E-state index contributed by atoms with van der Waals surface area (Å²) in [6.07, 6.45) is 1.39. The second-order valence-electron chi connectivity index (χ2n) is 4.57. The number of likely N-dealkylation sites (N-methyl/N-ethyl adjacent to an activating group) is 1. The Morgan fingerprint density at radius 1 is 1.31 bits per heavy atom. The van der Waals surface area contributed by atoms with Gasteiger partial charge in [0.15, 0.2) is 6.29 Å². The monoisotopic (exact) mass is 232 g/mol. The van der Waals surface area contributed by atoms with Crippen molar-refractivity contribution in [1.29, 1.82) is 0 Å². The Kier molecular flexibility index (Phi) is 5.64. The van der Waals surface area contributed by atoms with Crippen molar-refractivity contribution in [3.8, 4) is 0 Å². The van der Waals surface area contributed by atoms with E-state index in [-0.39, 0.29) is 6.29 Å². The Bertz CT molecular complexity index is 192. The van der Waals surface area contributed by atoms with Gasteiger partial charge in [0, 0.05) is 27.3 Å². The molecule has 1 heterocycles. The maximum Gasteiger partial charge on any atom is 0.169 e. The molecule has 1 saturated heterocycles. The molecule has 1 aliphatic heterocycles. The predicted octanol–water partition coefficient (Wildman–Crippen LogP) is -0.348. The third-order valence-electron chi connectivity index (χ3n) is 3.09. The Morgan fingerprint density at radius 3 is 2.38 bits per heavy atom. The summed E-state index contributed by atoms with van der Waals surface area (Å²) in [5.74, 6) is 0. The summed E-state index contributed by atoms with van der Waals surface area (Å²) in [4.78, 5) is 2.06. The highest BCUT2D eigenvalue weighted by molar-refractivity contribution is 4.86. The quantitative estimate of drug-likeness (QED) is 0.613. The van der Waals surface area contributed by atoms with E-state index in [1.54, 1.807) is 14.2 Å². The molecule has 0 radical (unpaired) electrons. The van der Waals surface area contributed by atoms with Crippen LogP contribution in [0.2, 0.25) is 0 Å². The lowest BCUT2D eigenvalue weighted by atomic mass is 9.92. The first-order valence-corrected chi connectivity index (χ1v) is 5.77. The Labute approximate surface area is 97.7 Å². The van der Waals surface area contributed by atoms with Crippen LogP contribution in [-0.4, -0.2) is 69.3 Å². The van der Waals surface area contributed by atoms with E-state index in [1.807, 2.05) is 7.05 Å². The van der Waals surface area contributed by atoms with Gasteiger partial charge in [0.2, 0.25) is 0 Å². The number of hydrogen-bond acceptors (Lipinski definition) is 5. The highest BCUT2D eigenvalue weighted by Crippen LogP contribution is 2.19. The number of rotatable bonds is 6. The van der Waals surface area contributed by atoms with Crippen LogP contribution in [0.4, 0.5) is 0 Å². The van der Waals surface area contributed by atoms with Crippen molar-refractivity contribution in [3.05, 3.63) is 0 Å². The van der Waals surface area contributed by atoms with Crippen molar-refractivity contribution in [3.63, 3.8) is 0 Å². The van der Waals surface area contributed by atoms with Crippen LogP contribution in [-0.2, 0) is 9.47 Å². The number of piperidine rings is 1. The van der Waals surface area contributed by atoms with Crippen LogP contribution in [0.15, 0.2) is 0 Å². The van der Waals surface area contributed by atoms with Gasteiger partial charge in [-0.2, -0.15) is 0 Å². The summed E-state index contributed by atoms with van der Waals surface area (Å²) in [5, 5.41) is 13.6. The summed E-state index contributed by atoms with van der Waals surface area (Å²) in [6.45, 7) is 3.12. The number of nitrogens with zero attached hydrogens (tertiary/aromatic N) is 1. The van der Waals surface area contributed by atoms with Gasteiger partial charge in [-0.1, -0.05) is 0 Å². The molecule has 0 aromatic carbocycles. The number of aliphatic hydroxyl groups is 1. The third-order valence-corrected chi connectivity index (χ3v) is 3.09. The average molecular weight is 232 g/mol. The first-order valence-electron chi connectivity index (χ1n) is 5.77. The van der Waals surface area contributed by atoms with Crippen LogP contribution in [0.1, 0.15) is 12.8 Å². The number of hydrogen-bond donors (Lipinski definition) is 2. The molecule has 16 heavy (non-hydrogen) atoms. The van der Waals surface area contributed by atoms with Gasteiger partial charge in [-0.25, -0.2) is 0 Å². The van der Waals surface area contributed by atoms with Crippen molar-refractivity contribution in [1.82, 2.24) is 10.2 Å². The Hall–Kier alpha value is -0.200. The van der Waals surface area contributed by atoms with E-state index in [2.05, 4.69) is 10.2 Å². The lowest BCUT2D eigenvalue weighted by Gasteiger charge is -2.36. The van der Waals surface area contributed by atoms with Crippen molar-refractivity contribution < 1.29 is 14.6 Å². The summed E-state index contributed by atoms with van der Waals surface area (Å²) in [7, 11) is 5.23. The standard InChI is InChI=1S/C11H24N2O3/c1-13(8-10(15-2)16-3)9-11(14)4-6-12-7-5-11/h10,12,14H,4-9H2,1-3H3. The maximum absolute atomic E-state index is 10.3. The molecule has 0 saturated carbocycles. The molecule has 1 fully saturated rings. The fraction of sp³-hybridized carbons (Fsp3) is 1.00. The van der Waals surface area contributed by atoms with Crippen molar-refractivity contribution in [2.75, 3.05) is 47.4 Å². The lowest BCUT2D eigenvalue weighted by Crippen LogP contribution is -2.50. The van der Waals surface area contributed by atoms with E-state index < -0.39 is 5.60 Å². The van der Waals surface area contributed by atoms with E-state index in [0.717, 1.165) is 25.9 Å². The number of ether oxygens (including phenoxy) is 2. The maximum atomic E-state index is 10.3. The molecule has 0 spiro atoms. The second kappa shape index (κ2) is 6.51. The predicted molar refractivity (Wildman–Crippen MR) is 62.4 cm³/mol. The van der Waals surface area contributed by atoms with Gasteiger partial charge in [-0.3, -0.25) is 4.90 Å². The van der Waals surface area contributed by atoms with Crippen LogP contribution in [0, 0.1) is 0 Å². The van der Waals surface area contributed by atoms with Crippen LogP contribution >= 0.6 is 0 Å². The van der Waals surface area contributed by atoms with Gasteiger partial charge in [-0.05, 0) is 33.0 Å². The van der Waals surface area contributed by atoms with Crippen molar-refractivity contribution >= 4 is 0 Å². The van der Waals surface area contributed by atoms with E-state index in [0.29, 0.717) is 13.1 Å². The van der Waals surface area contributed by atoms with Crippen LogP contribution < -0.4 is 5.32 Å². The highest BCUT2D eigenvalue weighted by atomic mass is 16.7. The second-order valence-corrected chi connectivity index (χ2v) is 4.57. The summed E-state index contributed by atoms with van der Waals surface area (Å²) >= 11 is 0. The van der Waals surface area contributed by atoms with Gasteiger partial charge in [0.25, 0.3) is 0 Å². The van der Waals surface area contributed by atoms with Crippen LogP contribution in [0.5, 0.6) is 0 Å². The first kappa shape index (κ1) is 13.9. The fourth-order valence-electron chi connectivity index (χ4n) is 2.12. The summed E-state index contributed by atoms with van der Waals surface area (Å²) in [6, 6.07) is 0. The first-order chi connectivity index (χ1) is 7.59. The topological polar surface area (TPSA) is 54.0 Å². The minimum Gasteiger partial charge on any atom is -0.388 e. The minimum absolute atomic E-state index is 0.227. The van der Waals surface area contributed by atoms with Gasteiger partial charge < -0.3 is 19.9 Å². The van der Waals surface area contributed by atoms with Crippen molar-refractivity contribution in [2.45, 2.75) is 24.7 Å². The molecule has 0 atom stereocenters. The molecule has 0 aromatic heterocycles. The molecule has 5 heteroatoms. The molecule has 0 bridgehead atoms. The van der Waals surface area contributed by atoms with E-state index in [9.17, 15) is 5.11 Å². The SMILES string of the molecule is COC(CN(C)CC1(O)CCNCC1)OC. The Morgan fingerprint density at radius 2 is 1.88 bits per heavy atom. The third kappa shape index (κ3) is 4.35. The van der Waals surface area contributed by atoms with Crippen molar-refractivity contribution in [2.24, 2.45) is 0 Å². The van der Waals surface area contributed by atoms with Gasteiger partial charge in [0.05, 0.1) is 5.60 Å². The molecule has 96 valence electrons. The minimum atomic E-state index is -0.563. The molecule has 1 aliphatic rings. The van der Waals surface area contributed by atoms with E-state index in [1.165, 1.54) is 0 Å². The molecule has 2 N–H and O–H groups in total. The van der Waals surface area contributed by atoms with E-state index >= 15 is 0 Å². The molecule has 5 nitrogen and oxygen atoms in total. The molecule has 0 aromatic rings. The molecular formula is C11H24N2O3. The largest absolute Gasteiger partial charge is 0.388 e. The summed E-state index contributed by atoms with van der Waals surface area (Å²) < 4.78 is 10.3. The highest BCUT2D eigenvalue weighted by Gasteiger charge is 2.30. The van der Waals surface area contributed by atoms with Crippen LogP contribution in [0.25, 0.3) is 0 Å². The zero-order valence-corrected chi connectivity index (χ0v) is 10.5. The molecule has 0 aliphatic carbocycles. The number of nitrogens with one attached hydrogen (secondary N) is 1. The lowest BCUT2D eigenvalue weighted by molar-refractivity contribution is -0.121. The molecule has 1 rings (SSSR count). The van der Waals surface area contributed by atoms with E-state index in [4.69, 9.17) is 9.47 Å². The summed E-state index contributed by atoms with van der Waals surface area (Å²) in [5.41, 5.74) is -0.563.